The van der Waals surface area contributed by atoms with Gasteiger partial charge in [-0.05, 0) is 40.2 Å². The van der Waals surface area contributed by atoms with E-state index in [2.05, 4.69) is 15.9 Å². The van der Waals surface area contributed by atoms with Crippen LogP contribution < -0.4 is 0 Å². The van der Waals surface area contributed by atoms with E-state index in [1.165, 1.54) is 12.1 Å². The smallest absolute Gasteiger partial charge is 0.228 e. The summed E-state index contributed by atoms with van der Waals surface area (Å²) in [6.07, 6.45) is 0. The molecule has 2 nitrogen and oxygen atoms in total. The van der Waals surface area contributed by atoms with Crippen LogP contribution in [0.25, 0.3) is 0 Å². The normalized spacial score (nSPS) is 10.6. The summed E-state index contributed by atoms with van der Waals surface area (Å²) in [6, 6.07) is 4.05. The van der Waals surface area contributed by atoms with Gasteiger partial charge in [-0.1, -0.05) is 0 Å². The molecule has 0 aliphatic rings. The van der Waals surface area contributed by atoms with Gasteiger partial charge < -0.3 is 4.42 Å². The van der Waals surface area contributed by atoms with Gasteiger partial charge in [0, 0.05) is 5.56 Å². The molecule has 0 N–H and O–H groups in total. The van der Waals surface area contributed by atoms with Crippen LogP contribution in [-0.4, -0.2) is 5.78 Å². The van der Waals surface area contributed by atoms with Crippen molar-refractivity contribution >= 4 is 21.7 Å². The van der Waals surface area contributed by atoms with Crippen LogP contribution in [0.3, 0.4) is 0 Å². The highest BCUT2D eigenvalue weighted by Gasteiger charge is 2.18. The predicted molar refractivity (Wildman–Crippen MR) is 56.2 cm³/mol. The number of halogens is 4. The lowest BCUT2D eigenvalue weighted by atomic mass is 10.1. The van der Waals surface area contributed by atoms with Crippen LogP contribution >= 0.6 is 15.9 Å². The molecule has 0 saturated carbocycles. The van der Waals surface area contributed by atoms with Crippen molar-refractivity contribution in [3.8, 4) is 0 Å². The lowest BCUT2D eigenvalue weighted by Crippen LogP contribution is -2.03. The predicted octanol–water partition coefficient (Wildman–Crippen LogP) is 3.69. The largest absolute Gasteiger partial charge is 0.446 e. The summed E-state index contributed by atoms with van der Waals surface area (Å²) in [6.45, 7) is 0. The topological polar surface area (TPSA) is 30.2 Å². The van der Waals surface area contributed by atoms with Gasteiger partial charge in [-0.2, -0.15) is 0 Å². The average molecular weight is 305 g/mol. The van der Waals surface area contributed by atoms with Crippen LogP contribution in [-0.2, 0) is 0 Å². The Morgan fingerprint density at radius 1 is 1.12 bits per heavy atom. The first-order chi connectivity index (χ1) is 7.99. The fraction of sp³-hybridized carbons (Fsp3) is 0. The molecule has 0 amide bonds. The van der Waals surface area contributed by atoms with E-state index in [0.29, 0.717) is 16.8 Å². The van der Waals surface area contributed by atoms with Gasteiger partial charge in [0.2, 0.25) is 5.78 Å². The second-order valence-electron chi connectivity index (χ2n) is 3.19. The van der Waals surface area contributed by atoms with E-state index >= 15 is 0 Å². The Morgan fingerprint density at radius 2 is 1.71 bits per heavy atom. The Kier molecular flexibility index (Phi) is 3.06. The maximum absolute atomic E-state index is 12.9. The first kappa shape index (κ1) is 11.9. The lowest BCUT2D eigenvalue weighted by molar-refractivity contribution is 0.101. The zero-order chi connectivity index (χ0) is 12.6. The molecule has 0 spiro atoms. The molecule has 0 saturated heterocycles. The number of furan rings is 1. The average Bonchev–Trinajstić information content (AvgIpc) is 2.71. The molecule has 0 atom stereocenters. The summed E-state index contributed by atoms with van der Waals surface area (Å²) < 4.78 is 43.8. The number of carbonyl (C=O) groups is 1. The Hall–Kier alpha value is -1.56. The summed E-state index contributed by atoms with van der Waals surface area (Å²) in [5.41, 5.74) is -0.316. The molecule has 2 aromatic rings. The summed E-state index contributed by atoms with van der Waals surface area (Å²) in [5, 5.41) is 0. The van der Waals surface area contributed by atoms with Crippen molar-refractivity contribution in [3.63, 3.8) is 0 Å². The van der Waals surface area contributed by atoms with Crippen molar-refractivity contribution in [1.82, 2.24) is 0 Å². The summed E-state index contributed by atoms with van der Waals surface area (Å²) in [4.78, 5) is 11.7. The molecule has 1 aromatic carbocycles. The maximum atomic E-state index is 12.9. The number of carbonyl (C=O) groups excluding carboxylic acids is 1. The molecular weight excluding hydrogens is 301 g/mol. The molecule has 0 radical (unpaired) electrons. The zero-order valence-corrected chi connectivity index (χ0v) is 9.72. The first-order valence-corrected chi connectivity index (χ1v) is 5.23. The molecule has 0 unspecified atom stereocenters. The zero-order valence-electron chi connectivity index (χ0n) is 8.14. The van der Waals surface area contributed by atoms with E-state index in [4.69, 9.17) is 4.42 Å². The Labute approximate surface area is 102 Å². The van der Waals surface area contributed by atoms with Crippen LogP contribution in [0, 0.1) is 17.5 Å². The van der Waals surface area contributed by atoms with Gasteiger partial charge in [0.05, 0.1) is 0 Å². The van der Waals surface area contributed by atoms with Crippen LogP contribution in [0.5, 0.6) is 0 Å². The molecule has 6 heteroatoms. The number of benzene rings is 1. The molecule has 1 aromatic heterocycles. The second kappa shape index (κ2) is 4.37. The van der Waals surface area contributed by atoms with E-state index in [-0.39, 0.29) is 11.3 Å². The van der Waals surface area contributed by atoms with Crippen LogP contribution in [0.4, 0.5) is 13.2 Å². The number of hydrogen-bond acceptors (Lipinski definition) is 2. The summed E-state index contributed by atoms with van der Waals surface area (Å²) in [7, 11) is 0. The molecule has 0 fully saturated rings. The van der Waals surface area contributed by atoms with Crippen LogP contribution in [0.2, 0.25) is 0 Å². The second-order valence-corrected chi connectivity index (χ2v) is 3.97. The highest BCUT2D eigenvalue weighted by molar-refractivity contribution is 9.10. The minimum Gasteiger partial charge on any atom is -0.446 e. The molecule has 1 heterocycles. The van der Waals surface area contributed by atoms with Crippen molar-refractivity contribution in [2.75, 3.05) is 0 Å². The van der Waals surface area contributed by atoms with Gasteiger partial charge in [0.1, 0.15) is 0 Å². The SMILES string of the molecule is O=C(c1cc(F)c(F)c(F)c1)c1ccc(Br)o1. The molecule has 17 heavy (non-hydrogen) atoms. The highest BCUT2D eigenvalue weighted by Crippen LogP contribution is 2.20. The van der Waals surface area contributed by atoms with E-state index in [0.717, 1.165) is 0 Å². The third-order valence-electron chi connectivity index (χ3n) is 2.04. The molecular formula is C11H4BrF3O2. The van der Waals surface area contributed by atoms with Gasteiger partial charge in [0.25, 0.3) is 0 Å². The number of ketones is 1. The van der Waals surface area contributed by atoms with Gasteiger partial charge in [-0.15, -0.1) is 0 Å². The van der Waals surface area contributed by atoms with Crippen molar-refractivity contribution in [3.05, 3.63) is 57.7 Å². The lowest BCUT2D eigenvalue weighted by Gasteiger charge is -2.00. The first-order valence-electron chi connectivity index (χ1n) is 4.43. The Morgan fingerprint density at radius 3 is 2.18 bits per heavy atom. The molecule has 0 aliphatic carbocycles. The third kappa shape index (κ3) is 2.26. The van der Waals surface area contributed by atoms with Gasteiger partial charge in [-0.3, -0.25) is 4.79 Å². The quantitative estimate of drug-likeness (QED) is 0.626. The van der Waals surface area contributed by atoms with Crippen LogP contribution in [0.1, 0.15) is 16.1 Å². The standard InChI is InChI=1S/C11H4BrF3O2/c12-9-2-1-8(17-9)11(16)5-3-6(13)10(15)7(14)4-5/h1-4H. The molecule has 0 bridgehead atoms. The monoisotopic (exact) mass is 304 g/mol. The molecule has 88 valence electrons. The molecule has 2 rings (SSSR count). The number of hydrogen-bond donors (Lipinski definition) is 0. The van der Waals surface area contributed by atoms with E-state index in [1.54, 1.807) is 0 Å². The highest BCUT2D eigenvalue weighted by atomic mass is 79.9. The van der Waals surface area contributed by atoms with Crippen LogP contribution in [0.15, 0.2) is 33.4 Å². The van der Waals surface area contributed by atoms with E-state index in [9.17, 15) is 18.0 Å². The fourth-order valence-electron chi connectivity index (χ4n) is 1.27. The van der Waals surface area contributed by atoms with Crippen molar-refractivity contribution < 1.29 is 22.4 Å². The van der Waals surface area contributed by atoms with E-state index in [1.807, 2.05) is 0 Å². The van der Waals surface area contributed by atoms with Crippen molar-refractivity contribution in [2.45, 2.75) is 0 Å². The third-order valence-corrected chi connectivity index (χ3v) is 2.47. The molecule has 0 aliphatic heterocycles. The summed E-state index contributed by atoms with van der Waals surface area (Å²) in [5.74, 6) is -5.27. The Balaban J connectivity index is 2.44. The minimum atomic E-state index is -1.61. The van der Waals surface area contributed by atoms with Gasteiger partial charge in [-0.25, -0.2) is 13.2 Å². The maximum Gasteiger partial charge on any atom is 0.228 e. The minimum absolute atomic E-state index is 0.0951. The van der Waals surface area contributed by atoms with Crippen molar-refractivity contribution in [2.24, 2.45) is 0 Å². The Bertz CT molecular complexity index is 569. The summed E-state index contributed by atoms with van der Waals surface area (Å²) >= 11 is 2.99. The van der Waals surface area contributed by atoms with Gasteiger partial charge >= 0.3 is 0 Å². The fourth-order valence-corrected chi connectivity index (χ4v) is 1.57. The van der Waals surface area contributed by atoms with E-state index < -0.39 is 23.2 Å². The van der Waals surface area contributed by atoms with Crippen molar-refractivity contribution in [1.29, 1.82) is 0 Å². The van der Waals surface area contributed by atoms with Gasteiger partial charge in [0.15, 0.2) is 27.9 Å². The number of rotatable bonds is 2.